The van der Waals surface area contributed by atoms with Gasteiger partial charge in [-0.05, 0) is 18.2 Å². The van der Waals surface area contributed by atoms with Crippen LogP contribution in [0.25, 0.3) is 0 Å². The number of hydrogen-bond donors (Lipinski definition) is 1. The predicted octanol–water partition coefficient (Wildman–Crippen LogP) is 1.88. The summed E-state index contributed by atoms with van der Waals surface area (Å²) in [5.41, 5.74) is 0.138. The van der Waals surface area contributed by atoms with Gasteiger partial charge < -0.3 is 5.11 Å². The van der Waals surface area contributed by atoms with E-state index in [4.69, 9.17) is 5.11 Å². The predicted molar refractivity (Wildman–Crippen MR) is 53.4 cm³/mol. The van der Waals surface area contributed by atoms with Gasteiger partial charge in [-0.1, -0.05) is 15.9 Å². The van der Waals surface area contributed by atoms with Crippen molar-refractivity contribution in [2.45, 2.75) is 4.90 Å². The van der Waals surface area contributed by atoms with E-state index in [1.807, 2.05) is 0 Å². The molecule has 0 bridgehead atoms. The highest BCUT2D eigenvalue weighted by Gasteiger charge is 2.07. The van der Waals surface area contributed by atoms with Crippen LogP contribution in [-0.2, 0) is 10.8 Å². The van der Waals surface area contributed by atoms with Gasteiger partial charge in [-0.2, -0.15) is 0 Å². The van der Waals surface area contributed by atoms with Crippen molar-refractivity contribution in [1.29, 1.82) is 0 Å². The molecular formula is C8H7BrO3S. The lowest BCUT2D eigenvalue weighted by Gasteiger charge is -2.00. The summed E-state index contributed by atoms with van der Waals surface area (Å²) in [6.45, 7) is 0. The molecule has 1 N–H and O–H groups in total. The van der Waals surface area contributed by atoms with Gasteiger partial charge in [0.15, 0.2) is 0 Å². The fraction of sp³-hybridized carbons (Fsp3) is 0.125. The molecule has 13 heavy (non-hydrogen) atoms. The fourth-order valence-electron chi connectivity index (χ4n) is 0.852. The highest BCUT2D eigenvalue weighted by atomic mass is 79.9. The second-order valence-electron chi connectivity index (χ2n) is 2.43. The molecule has 0 saturated carbocycles. The molecule has 1 rings (SSSR count). The van der Waals surface area contributed by atoms with Crippen LogP contribution in [0.4, 0.5) is 0 Å². The minimum absolute atomic E-state index is 0.138. The number of carboxylic acids is 1. The number of aromatic carboxylic acids is 1. The Hall–Kier alpha value is -0.680. The van der Waals surface area contributed by atoms with Gasteiger partial charge >= 0.3 is 5.97 Å². The summed E-state index contributed by atoms with van der Waals surface area (Å²) in [5.74, 6) is -1.02. The molecule has 0 radical (unpaired) electrons. The van der Waals surface area contributed by atoms with Crippen molar-refractivity contribution in [2.24, 2.45) is 0 Å². The van der Waals surface area contributed by atoms with Gasteiger partial charge in [0, 0.05) is 26.4 Å². The van der Waals surface area contributed by atoms with Crippen LogP contribution in [0.5, 0.6) is 0 Å². The molecule has 1 unspecified atom stereocenters. The number of carbonyl (C=O) groups is 1. The lowest BCUT2D eigenvalue weighted by molar-refractivity contribution is 0.0696. The molecular weight excluding hydrogens is 256 g/mol. The Kier molecular flexibility index (Phi) is 3.22. The number of benzene rings is 1. The van der Waals surface area contributed by atoms with Crippen LogP contribution >= 0.6 is 15.9 Å². The lowest BCUT2D eigenvalue weighted by Crippen LogP contribution is -1.98. The van der Waals surface area contributed by atoms with Crippen molar-refractivity contribution in [3.63, 3.8) is 0 Å². The summed E-state index contributed by atoms with van der Waals surface area (Å²) >= 11 is 3.15. The second-order valence-corrected chi connectivity index (χ2v) is 4.73. The Labute approximate surface area is 86.4 Å². The third kappa shape index (κ3) is 2.63. The van der Waals surface area contributed by atoms with E-state index >= 15 is 0 Å². The van der Waals surface area contributed by atoms with E-state index < -0.39 is 16.8 Å². The van der Waals surface area contributed by atoms with Crippen LogP contribution in [0.15, 0.2) is 27.6 Å². The van der Waals surface area contributed by atoms with E-state index in [2.05, 4.69) is 15.9 Å². The van der Waals surface area contributed by atoms with Crippen LogP contribution in [0.3, 0.4) is 0 Å². The van der Waals surface area contributed by atoms with Gasteiger partial charge in [-0.3, -0.25) is 4.21 Å². The normalized spacial score (nSPS) is 12.5. The molecule has 0 aliphatic heterocycles. The lowest BCUT2D eigenvalue weighted by atomic mass is 10.2. The minimum atomic E-state index is -1.16. The minimum Gasteiger partial charge on any atom is -0.478 e. The molecule has 5 heteroatoms. The van der Waals surface area contributed by atoms with E-state index in [-0.39, 0.29) is 5.56 Å². The third-order valence-electron chi connectivity index (χ3n) is 1.45. The van der Waals surface area contributed by atoms with Gasteiger partial charge in [0.05, 0.1) is 5.56 Å². The van der Waals surface area contributed by atoms with Crippen molar-refractivity contribution < 1.29 is 14.1 Å². The standard InChI is InChI=1S/C8H7BrO3S/c1-13(12)7-3-5(8(10)11)2-6(9)4-7/h2-4H,1H3,(H,10,11). The average molecular weight is 263 g/mol. The molecule has 0 aromatic heterocycles. The summed E-state index contributed by atoms with van der Waals surface area (Å²) < 4.78 is 11.7. The number of carboxylic acid groups (broad SMARTS) is 1. The molecule has 3 nitrogen and oxygen atoms in total. The summed E-state index contributed by atoms with van der Waals surface area (Å²) in [5, 5.41) is 8.70. The maximum absolute atomic E-state index is 11.1. The third-order valence-corrected chi connectivity index (χ3v) is 2.81. The molecule has 0 aliphatic rings. The molecule has 0 saturated heterocycles. The van der Waals surface area contributed by atoms with Crippen molar-refractivity contribution in [1.82, 2.24) is 0 Å². The van der Waals surface area contributed by atoms with Gasteiger partial charge in [-0.15, -0.1) is 0 Å². The van der Waals surface area contributed by atoms with Crippen LogP contribution in [-0.4, -0.2) is 21.5 Å². The van der Waals surface area contributed by atoms with Gasteiger partial charge in [0.2, 0.25) is 0 Å². The topological polar surface area (TPSA) is 54.4 Å². The van der Waals surface area contributed by atoms with E-state index in [0.717, 1.165) is 0 Å². The maximum Gasteiger partial charge on any atom is 0.335 e. The average Bonchev–Trinajstić information content (AvgIpc) is 2.03. The Morgan fingerprint density at radius 1 is 1.46 bits per heavy atom. The Morgan fingerprint density at radius 3 is 2.54 bits per heavy atom. The molecule has 0 heterocycles. The molecule has 0 aliphatic carbocycles. The van der Waals surface area contributed by atoms with Crippen molar-refractivity contribution in [3.05, 3.63) is 28.2 Å². The SMILES string of the molecule is CS(=O)c1cc(Br)cc(C(=O)O)c1. The molecule has 1 aromatic carbocycles. The van der Waals surface area contributed by atoms with Gasteiger partial charge in [-0.25, -0.2) is 4.79 Å². The molecule has 0 amide bonds. The first-order valence-corrected chi connectivity index (χ1v) is 5.73. The molecule has 0 spiro atoms. The van der Waals surface area contributed by atoms with Crippen LogP contribution in [0.1, 0.15) is 10.4 Å². The number of rotatable bonds is 2. The largest absolute Gasteiger partial charge is 0.478 e. The van der Waals surface area contributed by atoms with E-state index in [1.165, 1.54) is 18.4 Å². The van der Waals surface area contributed by atoms with Crippen molar-refractivity contribution in [2.75, 3.05) is 6.26 Å². The van der Waals surface area contributed by atoms with E-state index in [9.17, 15) is 9.00 Å². The summed E-state index contributed by atoms with van der Waals surface area (Å²) in [6.07, 6.45) is 1.51. The Morgan fingerprint density at radius 2 is 2.08 bits per heavy atom. The highest BCUT2D eigenvalue weighted by molar-refractivity contribution is 9.10. The molecule has 1 aromatic rings. The zero-order chi connectivity index (χ0) is 10.0. The summed E-state index contributed by atoms with van der Waals surface area (Å²) in [7, 11) is -1.16. The molecule has 1 atom stereocenters. The number of halogens is 1. The number of hydrogen-bond acceptors (Lipinski definition) is 2. The second kappa shape index (κ2) is 4.02. The zero-order valence-corrected chi connectivity index (χ0v) is 9.18. The molecule has 70 valence electrons. The zero-order valence-electron chi connectivity index (χ0n) is 6.78. The Bertz CT molecular complexity index is 343. The van der Waals surface area contributed by atoms with E-state index in [0.29, 0.717) is 9.37 Å². The first-order valence-electron chi connectivity index (χ1n) is 3.38. The first-order chi connectivity index (χ1) is 6.00. The summed E-state index contributed by atoms with van der Waals surface area (Å²) in [6, 6.07) is 4.52. The Balaban J connectivity index is 3.26. The maximum atomic E-state index is 11.1. The van der Waals surface area contributed by atoms with Crippen molar-refractivity contribution >= 4 is 32.7 Å². The smallest absolute Gasteiger partial charge is 0.335 e. The monoisotopic (exact) mass is 262 g/mol. The molecule has 0 fully saturated rings. The quantitative estimate of drug-likeness (QED) is 0.886. The van der Waals surface area contributed by atoms with Crippen molar-refractivity contribution in [3.8, 4) is 0 Å². The van der Waals surface area contributed by atoms with Crippen LogP contribution in [0, 0.1) is 0 Å². The fourth-order valence-corrected chi connectivity index (χ4v) is 2.08. The summed E-state index contributed by atoms with van der Waals surface area (Å²) in [4.78, 5) is 11.1. The van der Waals surface area contributed by atoms with Gasteiger partial charge in [0.1, 0.15) is 0 Å². The van der Waals surface area contributed by atoms with Crippen LogP contribution < -0.4 is 0 Å². The van der Waals surface area contributed by atoms with Crippen LogP contribution in [0.2, 0.25) is 0 Å². The van der Waals surface area contributed by atoms with Gasteiger partial charge in [0.25, 0.3) is 0 Å². The first kappa shape index (κ1) is 10.4. The van der Waals surface area contributed by atoms with E-state index in [1.54, 1.807) is 6.07 Å². The highest BCUT2D eigenvalue weighted by Crippen LogP contribution is 2.17.